The zero-order valence-corrected chi connectivity index (χ0v) is 25.0. The van der Waals surface area contributed by atoms with Gasteiger partial charge in [0.2, 0.25) is 21.8 Å². The fourth-order valence-corrected chi connectivity index (χ4v) is 5.30. The zero-order chi connectivity index (χ0) is 29.3. The minimum atomic E-state index is -3.88. The maximum atomic E-state index is 14.0. The number of amides is 2. The van der Waals surface area contributed by atoms with Gasteiger partial charge in [-0.25, -0.2) is 8.42 Å². The molecule has 3 aromatic carbocycles. The second-order valence-corrected chi connectivity index (χ2v) is 12.0. The Balaban J connectivity index is 2.06. The number of methoxy groups -OCH3 is 1. The van der Waals surface area contributed by atoms with Crippen molar-refractivity contribution in [3.05, 3.63) is 94.0 Å². The van der Waals surface area contributed by atoms with Crippen molar-refractivity contribution in [2.24, 2.45) is 0 Å². The van der Waals surface area contributed by atoms with Gasteiger partial charge in [-0.2, -0.15) is 0 Å². The van der Waals surface area contributed by atoms with Crippen LogP contribution in [0.15, 0.2) is 72.8 Å². The van der Waals surface area contributed by atoms with E-state index in [0.717, 1.165) is 16.1 Å². The van der Waals surface area contributed by atoms with Crippen LogP contribution in [-0.4, -0.2) is 57.6 Å². The molecule has 0 spiro atoms. The minimum Gasteiger partial charge on any atom is -0.497 e. The molecule has 2 amide bonds. The van der Waals surface area contributed by atoms with Crippen LogP contribution < -0.4 is 14.4 Å². The predicted octanol–water partition coefficient (Wildman–Crippen LogP) is 4.93. The molecule has 0 radical (unpaired) electrons. The van der Waals surface area contributed by atoms with Gasteiger partial charge in [0.25, 0.3) is 0 Å². The highest BCUT2D eigenvalue weighted by Gasteiger charge is 2.33. The van der Waals surface area contributed by atoms with Crippen LogP contribution in [0.5, 0.6) is 5.75 Å². The summed E-state index contributed by atoms with van der Waals surface area (Å²) in [5.41, 5.74) is 1.75. The molecule has 3 rings (SSSR count). The number of ether oxygens (including phenoxy) is 1. The van der Waals surface area contributed by atoms with Gasteiger partial charge in [-0.15, -0.1) is 0 Å². The molecule has 40 heavy (non-hydrogen) atoms. The van der Waals surface area contributed by atoms with Crippen LogP contribution in [0.2, 0.25) is 10.0 Å². The lowest BCUT2D eigenvalue weighted by Gasteiger charge is -2.33. The molecule has 0 heterocycles. The average molecular weight is 607 g/mol. The Morgan fingerprint density at radius 2 is 1.68 bits per heavy atom. The van der Waals surface area contributed by atoms with Crippen molar-refractivity contribution < 1.29 is 22.7 Å². The molecule has 214 valence electrons. The normalized spacial score (nSPS) is 11.9. The largest absolute Gasteiger partial charge is 0.497 e. The van der Waals surface area contributed by atoms with Crippen LogP contribution in [0.3, 0.4) is 0 Å². The number of nitrogens with zero attached hydrogens (tertiary/aromatic N) is 2. The minimum absolute atomic E-state index is 0.00246. The molecular formula is C29H33Cl2N3O5S. The number of carbonyl (C=O) groups excluding carboxylic acids is 2. The van der Waals surface area contributed by atoms with E-state index in [1.807, 2.05) is 37.3 Å². The zero-order valence-electron chi connectivity index (χ0n) is 22.6. The van der Waals surface area contributed by atoms with Crippen LogP contribution in [0, 0.1) is 0 Å². The number of benzene rings is 3. The van der Waals surface area contributed by atoms with Gasteiger partial charge in [0.05, 0.1) is 29.1 Å². The quantitative estimate of drug-likeness (QED) is 0.298. The third-order valence-corrected chi connectivity index (χ3v) is 8.06. The summed E-state index contributed by atoms with van der Waals surface area (Å²) in [6, 6.07) is 19.8. The Morgan fingerprint density at radius 1 is 0.950 bits per heavy atom. The van der Waals surface area contributed by atoms with Gasteiger partial charge in [-0.05, 0) is 41.8 Å². The lowest BCUT2D eigenvalue weighted by molar-refractivity contribution is -0.140. The van der Waals surface area contributed by atoms with Crippen molar-refractivity contribution in [3.63, 3.8) is 0 Å². The molecule has 0 bridgehead atoms. The molecule has 8 nitrogen and oxygen atoms in total. The second kappa shape index (κ2) is 14.4. The van der Waals surface area contributed by atoms with Crippen molar-refractivity contribution in [1.82, 2.24) is 10.2 Å². The highest BCUT2D eigenvalue weighted by molar-refractivity contribution is 7.92. The SMILES string of the molecule is CCCNC(=O)C(Cc1ccccc1)N(Cc1ccc(Cl)c(Cl)c1)C(=O)CN(c1cccc(OC)c1)S(C)(=O)=O. The third-order valence-electron chi connectivity index (χ3n) is 6.18. The number of sulfonamides is 1. The average Bonchev–Trinajstić information content (AvgIpc) is 2.94. The number of hydrogen-bond acceptors (Lipinski definition) is 5. The van der Waals surface area contributed by atoms with Gasteiger partial charge in [0.1, 0.15) is 18.3 Å². The maximum Gasteiger partial charge on any atom is 0.244 e. The van der Waals surface area contributed by atoms with E-state index in [2.05, 4.69) is 5.32 Å². The summed E-state index contributed by atoms with van der Waals surface area (Å²) < 4.78 is 32.0. The highest BCUT2D eigenvalue weighted by atomic mass is 35.5. The number of carbonyl (C=O) groups is 2. The third kappa shape index (κ3) is 8.61. The van der Waals surface area contributed by atoms with Crippen molar-refractivity contribution in [1.29, 1.82) is 0 Å². The van der Waals surface area contributed by atoms with Crippen molar-refractivity contribution in [2.45, 2.75) is 32.4 Å². The van der Waals surface area contributed by atoms with Crippen LogP contribution in [0.1, 0.15) is 24.5 Å². The standard InChI is InChI=1S/C29H33Cl2N3O5S/c1-4-15-32-29(36)27(17-21-9-6-5-7-10-21)33(19-22-13-14-25(30)26(31)16-22)28(35)20-34(40(3,37)38)23-11-8-12-24(18-23)39-2/h5-14,16,18,27H,4,15,17,19-20H2,1-3H3,(H,32,36). The number of anilines is 1. The van der Waals surface area contributed by atoms with Crippen LogP contribution in [0.4, 0.5) is 5.69 Å². The van der Waals surface area contributed by atoms with Crippen molar-refractivity contribution in [2.75, 3.05) is 30.8 Å². The maximum absolute atomic E-state index is 14.0. The molecule has 0 saturated heterocycles. The first kappa shape index (κ1) is 31.3. The van der Waals surface area contributed by atoms with E-state index in [1.54, 1.807) is 36.4 Å². The summed E-state index contributed by atoms with van der Waals surface area (Å²) in [6.45, 7) is 1.84. The van der Waals surface area contributed by atoms with Gasteiger partial charge in [-0.3, -0.25) is 13.9 Å². The molecule has 11 heteroatoms. The van der Waals surface area contributed by atoms with E-state index >= 15 is 0 Å². The fraction of sp³-hybridized carbons (Fsp3) is 0.310. The first-order valence-electron chi connectivity index (χ1n) is 12.7. The van der Waals surface area contributed by atoms with Crippen molar-refractivity contribution >= 4 is 50.7 Å². The Hall–Kier alpha value is -3.27. The summed E-state index contributed by atoms with van der Waals surface area (Å²) in [5, 5.41) is 3.55. The van der Waals surface area contributed by atoms with E-state index in [9.17, 15) is 18.0 Å². The Morgan fingerprint density at radius 3 is 2.30 bits per heavy atom. The van der Waals surface area contributed by atoms with Gasteiger partial charge < -0.3 is 15.0 Å². The molecule has 0 aliphatic rings. The van der Waals surface area contributed by atoms with E-state index in [4.69, 9.17) is 27.9 Å². The van der Waals surface area contributed by atoms with E-state index < -0.39 is 28.5 Å². The first-order chi connectivity index (χ1) is 19.0. The fourth-order valence-electron chi connectivity index (χ4n) is 4.13. The van der Waals surface area contributed by atoms with Gasteiger partial charge in [0.15, 0.2) is 0 Å². The lowest BCUT2D eigenvalue weighted by atomic mass is 10.0. The van der Waals surface area contributed by atoms with Gasteiger partial charge in [-0.1, -0.05) is 72.6 Å². The molecule has 0 saturated carbocycles. The molecule has 1 N–H and O–H groups in total. The topological polar surface area (TPSA) is 96.0 Å². The molecule has 0 aliphatic carbocycles. The van der Waals surface area contributed by atoms with Crippen molar-refractivity contribution in [3.8, 4) is 5.75 Å². The second-order valence-electron chi connectivity index (χ2n) is 9.24. The summed E-state index contributed by atoms with van der Waals surface area (Å²) >= 11 is 12.4. The number of halogens is 2. The Kier molecular flexibility index (Phi) is 11.2. The highest BCUT2D eigenvalue weighted by Crippen LogP contribution is 2.26. The monoisotopic (exact) mass is 605 g/mol. The Bertz CT molecular complexity index is 1420. The summed E-state index contributed by atoms with van der Waals surface area (Å²) in [4.78, 5) is 28.9. The first-order valence-corrected chi connectivity index (χ1v) is 15.3. The Labute approximate surface area is 245 Å². The summed E-state index contributed by atoms with van der Waals surface area (Å²) in [5.74, 6) is -0.467. The smallest absolute Gasteiger partial charge is 0.244 e. The lowest BCUT2D eigenvalue weighted by Crippen LogP contribution is -2.53. The number of hydrogen-bond donors (Lipinski definition) is 1. The van der Waals surface area contributed by atoms with E-state index in [0.29, 0.717) is 34.3 Å². The molecule has 1 unspecified atom stereocenters. The van der Waals surface area contributed by atoms with Gasteiger partial charge in [0, 0.05) is 25.6 Å². The molecule has 1 atom stereocenters. The van der Waals surface area contributed by atoms with Crippen LogP contribution in [-0.2, 0) is 32.6 Å². The van der Waals surface area contributed by atoms with Gasteiger partial charge >= 0.3 is 0 Å². The number of nitrogens with one attached hydrogen (secondary N) is 1. The molecule has 3 aromatic rings. The van der Waals surface area contributed by atoms with Crippen LogP contribution in [0.25, 0.3) is 0 Å². The molecule has 0 fully saturated rings. The molecular weight excluding hydrogens is 573 g/mol. The number of rotatable bonds is 13. The molecule has 0 aliphatic heterocycles. The predicted molar refractivity (Wildman–Crippen MR) is 159 cm³/mol. The van der Waals surface area contributed by atoms with Crippen LogP contribution >= 0.6 is 23.2 Å². The molecule has 0 aromatic heterocycles. The van der Waals surface area contributed by atoms with E-state index in [1.165, 1.54) is 18.1 Å². The summed E-state index contributed by atoms with van der Waals surface area (Å²) in [7, 11) is -2.42. The van der Waals surface area contributed by atoms with E-state index in [-0.39, 0.29) is 24.6 Å². The summed E-state index contributed by atoms with van der Waals surface area (Å²) in [6.07, 6.45) is 1.96.